The van der Waals surface area contributed by atoms with Crippen molar-refractivity contribution >= 4 is 40.3 Å². The summed E-state index contributed by atoms with van der Waals surface area (Å²) in [5, 5.41) is 6.62. The molecule has 4 heterocycles. The molecule has 1 N–H and O–H groups in total. The van der Waals surface area contributed by atoms with Crippen LogP contribution in [0.4, 0.5) is 0 Å². The lowest BCUT2D eigenvalue weighted by atomic mass is 10.1. The minimum Gasteiger partial charge on any atom is -0.496 e. The molecule has 0 radical (unpaired) electrons. The quantitative estimate of drug-likeness (QED) is 0.281. The summed E-state index contributed by atoms with van der Waals surface area (Å²) in [6.07, 6.45) is 7.14. The van der Waals surface area contributed by atoms with Crippen LogP contribution >= 0.6 is 11.3 Å². The van der Waals surface area contributed by atoms with Crippen LogP contribution in [0.3, 0.4) is 0 Å². The van der Waals surface area contributed by atoms with Crippen LogP contribution in [0.5, 0.6) is 11.5 Å². The van der Waals surface area contributed by atoms with E-state index in [4.69, 9.17) is 24.2 Å². The number of nitrogens with one attached hydrogen (secondary N) is 1. The number of amides is 2. The van der Waals surface area contributed by atoms with E-state index in [1.54, 1.807) is 18.9 Å². The Morgan fingerprint density at radius 2 is 2.02 bits per heavy atom. The van der Waals surface area contributed by atoms with Gasteiger partial charge < -0.3 is 29.2 Å². The van der Waals surface area contributed by atoms with Crippen molar-refractivity contribution in [3.05, 3.63) is 47.0 Å². The Balaban J connectivity index is 1.33. The molecule has 0 bridgehead atoms. The maximum absolute atomic E-state index is 13.8. The Morgan fingerprint density at radius 3 is 2.76 bits per heavy atom. The molecule has 0 spiro atoms. The minimum atomic E-state index is -0.932. The van der Waals surface area contributed by atoms with Crippen molar-refractivity contribution < 1.29 is 28.6 Å². The number of rotatable bonds is 6. The van der Waals surface area contributed by atoms with E-state index >= 15 is 0 Å². The van der Waals surface area contributed by atoms with Crippen molar-refractivity contribution in [3.63, 3.8) is 0 Å². The number of aryl methyl sites for hydroxylation is 1. The number of benzene rings is 1. The molecule has 1 saturated carbocycles. The van der Waals surface area contributed by atoms with Gasteiger partial charge in [-0.25, -0.2) is 9.97 Å². The van der Waals surface area contributed by atoms with Gasteiger partial charge in [-0.1, -0.05) is 26.0 Å². The van der Waals surface area contributed by atoms with Gasteiger partial charge in [0.05, 0.1) is 24.9 Å². The summed E-state index contributed by atoms with van der Waals surface area (Å²) in [7, 11) is 1.63. The summed E-state index contributed by atoms with van der Waals surface area (Å²) in [5.74, 6) is 0.920. The topological polar surface area (TPSA) is 120 Å². The van der Waals surface area contributed by atoms with Crippen molar-refractivity contribution in [3.8, 4) is 22.2 Å². The molecule has 244 valence electrons. The first kappa shape index (κ1) is 32.1. The average molecular weight is 647 g/mol. The molecule has 46 heavy (non-hydrogen) atoms. The SMILES string of the molecule is COc1ccc2c(O[C@@H]3C[C@H]4C(=O)N[C@]5(C=O)C[C@H]5/C=C\CCCCO[C@@H](C)C(=O)N4C3)cc(-c3nc(C(C)C)cs3)nc2c1C. The number of nitrogens with zero attached hydrogens (tertiary/aromatic N) is 3. The van der Waals surface area contributed by atoms with Gasteiger partial charge in [0.15, 0.2) is 0 Å². The number of fused-ring (bicyclic) bond motifs is 3. The highest BCUT2D eigenvalue weighted by Crippen LogP contribution is 2.44. The molecule has 0 unspecified atom stereocenters. The van der Waals surface area contributed by atoms with Gasteiger partial charge in [-0.05, 0) is 57.6 Å². The molecule has 11 heteroatoms. The molecular formula is C35H42N4O6S. The summed E-state index contributed by atoms with van der Waals surface area (Å²) < 4.78 is 18.2. The highest BCUT2D eigenvalue weighted by molar-refractivity contribution is 7.13. The smallest absolute Gasteiger partial charge is 0.252 e. The summed E-state index contributed by atoms with van der Waals surface area (Å²) in [6.45, 7) is 8.55. The molecule has 2 fully saturated rings. The van der Waals surface area contributed by atoms with Crippen LogP contribution in [0, 0.1) is 12.8 Å². The van der Waals surface area contributed by atoms with Gasteiger partial charge in [0.1, 0.15) is 52.3 Å². The molecule has 1 aromatic carbocycles. The molecular weight excluding hydrogens is 604 g/mol. The Hall–Kier alpha value is -3.83. The Labute approximate surface area is 273 Å². The van der Waals surface area contributed by atoms with Gasteiger partial charge in [-0.15, -0.1) is 11.3 Å². The summed E-state index contributed by atoms with van der Waals surface area (Å²) in [4.78, 5) is 51.1. The molecule has 10 nitrogen and oxygen atoms in total. The number of hydrogen-bond donors (Lipinski definition) is 1. The van der Waals surface area contributed by atoms with E-state index in [1.165, 1.54) is 11.3 Å². The number of aromatic nitrogens is 2. The monoisotopic (exact) mass is 646 g/mol. The van der Waals surface area contributed by atoms with E-state index in [9.17, 15) is 14.4 Å². The first-order chi connectivity index (χ1) is 22.1. The lowest BCUT2D eigenvalue weighted by molar-refractivity contribution is -0.147. The number of pyridine rings is 1. The Morgan fingerprint density at radius 1 is 1.20 bits per heavy atom. The van der Waals surface area contributed by atoms with Gasteiger partial charge in [0.2, 0.25) is 5.91 Å². The van der Waals surface area contributed by atoms with E-state index in [0.717, 1.165) is 52.7 Å². The number of ether oxygens (including phenoxy) is 3. The van der Waals surface area contributed by atoms with E-state index in [2.05, 4.69) is 25.2 Å². The molecule has 2 aromatic heterocycles. The second-order valence-corrected chi connectivity index (χ2v) is 13.8. The molecule has 6 rings (SSSR count). The molecule has 2 amide bonds. The van der Waals surface area contributed by atoms with Crippen LogP contribution in [-0.2, 0) is 19.1 Å². The normalized spacial score (nSPS) is 27.7. The fourth-order valence-corrected chi connectivity index (χ4v) is 7.33. The maximum Gasteiger partial charge on any atom is 0.252 e. The molecule has 3 aliphatic rings. The average Bonchev–Trinajstić information content (AvgIpc) is 3.35. The van der Waals surface area contributed by atoms with Gasteiger partial charge in [0, 0.05) is 41.3 Å². The van der Waals surface area contributed by atoms with E-state index in [0.29, 0.717) is 30.2 Å². The van der Waals surface area contributed by atoms with Gasteiger partial charge in [-0.3, -0.25) is 9.59 Å². The zero-order valence-electron chi connectivity index (χ0n) is 27.1. The number of thiazole rings is 1. The van der Waals surface area contributed by atoms with Crippen LogP contribution in [0.2, 0.25) is 0 Å². The third-order valence-corrected chi connectivity index (χ3v) is 10.2. The third-order valence-electron chi connectivity index (χ3n) is 9.32. The largest absolute Gasteiger partial charge is 0.496 e. The fourth-order valence-electron chi connectivity index (χ4n) is 6.39. The van der Waals surface area contributed by atoms with Crippen molar-refractivity contribution in [2.45, 2.75) is 89.5 Å². The van der Waals surface area contributed by atoms with Crippen molar-refractivity contribution in [1.29, 1.82) is 0 Å². The number of aldehydes is 1. The molecule has 5 atom stereocenters. The summed E-state index contributed by atoms with van der Waals surface area (Å²) >= 11 is 1.53. The van der Waals surface area contributed by atoms with Gasteiger partial charge >= 0.3 is 0 Å². The fraction of sp³-hybridized carbons (Fsp3) is 0.514. The first-order valence-corrected chi connectivity index (χ1v) is 17.0. The van der Waals surface area contributed by atoms with Crippen LogP contribution in [0.1, 0.15) is 70.1 Å². The molecule has 1 aliphatic carbocycles. The predicted molar refractivity (Wildman–Crippen MR) is 176 cm³/mol. The van der Waals surface area contributed by atoms with E-state index in [1.807, 2.05) is 36.6 Å². The van der Waals surface area contributed by atoms with Crippen molar-refractivity contribution in [1.82, 2.24) is 20.2 Å². The van der Waals surface area contributed by atoms with Gasteiger partial charge in [0.25, 0.3) is 5.91 Å². The van der Waals surface area contributed by atoms with E-state index in [-0.39, 0.29) is 36.6 Å². The number of methoxy groups -OCH3 is 1. The Bertz CT molecular complexity index is 1670. The molecule has 2 aliphatic heterocycles. The van der Waals surface area contributed by atoms with Crippen LogP contribution in [0.25, 0.3) is 21.6 Å². The van der Waals surface area contributed by atoms with Crippen LogP contribution < -0.4 is 14.8 Å². The number of allylic oxidation sites excluding steroid dienone is 1. The molecule has 1 saturated heterocycles. The van der Waals surface area contributed by atoms with Gasteiger partial charge in [-0.2, -0.15) is 0 Å². The number of hydrogen-bond acceptors (Lipinski definition) is 9. The number of carbonyl (C=O) groups is 3. The van der Waals surface area contributed by atoms with Crippen LogP contribution in [0.15, 0.2) is 35.7 Å². The maximum atomic E-state index is 13.8. The standard InChI is InChI=1S/C35H42N4O6S/c1-20(2)27-18-46-33(37-27)26-15-30(25-11-12-29(43-5)21(3)31(25)36-26)45-24-14-28-32(41)38-35(19-40)16-23(35)10-8-6-7-9-13-44-22(4)34(42)39(28)17-24/h8,10-12,15,18-20,22-24,28H,6-7,9,13-14,16-17H2,1-5H3,(H,38,41)/b10-8-/t22-,23+,24+,28-,35-/m0/s1. The summed E-state index contributed by atoms with van der Waals surface area (Å²) in [6, 6.07) is 4.90. The predicted octanol–water partition coefficient (Wildman–Crippen LogP) is 5.37. The zero-order chi connectivity index (χ0) is 32.6. The second-order valence-electron chi connectivity index (χ2n) is 12.9. The summed E-state index contributed by atoms with van der Waals surface area (Å²) in [5.41, 5.74) is 2.35. The lowest BCUT2D eigenvalue weighted by Crippen LogP contribution is -2.52. The van der Waals surface area contributed by atoms with E-state index < -0.39 is 23.8 Å². The van der Waals surface area contributed by atoms with Crippen LogP contribution in [-0.4, -0.2) is 77.0 Å². The minimum absolute atomic E-state index is 0.0456. The Kier molecular flexibility index (Phi) is 9.16. The third kappa shape index (κ3) is 6.27. The van der Waals surface area contributed by atoms with Crippen molar-refractivity contribution in [2.24, 2.45) is 5.92 Å². The molecule has 3 aromatic rings. The lowest BCUT2D eigenvalue weighted by Gasteiger charge is -2.27. The second kappa shape index (κ2) is 13.1. The highest BCUT2D eigenvalue weighted by atomic mass is 32.1. The highest BCUT2D eigenvalue weighted by Gasteiger charge is 2.55. The number of carbonyl (C=O) groups excluding carboxylic acids is 3. The zero-order valence-corrected chi connectivity index (χ0v) is 27.9. The van der Waals surface area contributed by atoms with Crippen molar-refractivity contribution in [2.75, 3.05) is 20.3 Å². The first-order valence-electron chi connectivity index (χ1n) is 16.1.